The lowest BCUT2D eigenvalue weighted by Gasteiger charge is -2.23. The molecular weight excluding hydrogens is 212 g/mol. The van der Waals surface area contributed by atoms with Gasteiger partial charge in [0.2, 0.25) is 0 Å². The van der Waals surface area contributed by atoms with Gasteiger partial charge >= 0.3 is 12.0 Å². The zero-order chi connectivity index (χ0) is 12.3. The first-order valence-corrected chi connectivity index (χ1v) is 4.72. The lowest BCUT2D eigenvalue weighted by atomic mass is 10.2. The van der Waals surface area contributed by atoms with Crippen LogP contribution in [0.5, 0.6) is 0 Å². The van der Waals surface area contributed by atoms with Crippen LogP contribution < -0.4 is 10.6 Å². The van der Waals surface area contributed by atoms with Crippen LogP contribution in [-0.4, -0.2) is 32.9 Å². The summed E-state index contributed by atoms with van der Waals surface area (Å²) in [4.78, 5) is 23.0. The number of urea groups is 1. The second kappa shape index (κ2) is 4.65. The van der Waals surface area contributed by atoms with Gasteiger partial charge < -0.3 is 10.8 Å². The summed E-state index contributed by atoms with van der Waals surface area (Å²) in [5, 5.41) is 12.7. The number of carbonyl (C=O) groups is 2. The highest BCUT2D eigenvalue weighted by molar-refractivity contribution is 5.90. The number of nitrogens with zero attached hydrogens (tertiary/aromatic N) is 3. The number of carboxylic acid groups (broad SMARTS) is 1. The third kappa shape index (κ3) is 2.72. The molecule has 1 unspecified atom stereocenters. The minimum atomic E-state index is -0.991. The van der Waals surface area contributed by atoms with Crippen molar-refractivity contribution in [2.75, 3.05) is 4.90 Å². The molecule has 0 fully saturated rings. The normalized spacial score (nSPS) is 12.1. The number of aliphatic carboxylic acids is 1. The van der Waals surface area contributed by atoms with Crippen molar-refractivity contribution in [1.29, 1.82) is 0 Å². The summed E-state index contributed by atoms with van der Waals surface area (Å²) in [6, 6.07) is 0.348. The highest BCUT2D eigenvalue weighted by Crippen LogP contribution is 2.15. The van der Waals surface area contributed by atoms with Crippen molar-refractivity contribution in [2.24, 2.45) is 12.8 Å². The number of primary amides is 1. The quantitative estimate of drug-likeness (QED) is 0.763. The van der Waals surface area contributed by atoms with Crippen LogP contribution in [0.1, 0.15) is 13.3 Å². The molecule has 88 valence electrons. The number of anilines is 1. The molecule has 0 saturated heterocycles. The minimum absolute atomic E-state index is 0.181. The Hall–Kier alpha value is -2.05. The van der Waals surface area contributed by atoms with E-state index in [1.54, 1.807) is 26.2 Å². The van der Waals surface area contributed by atoms with Crippen molar-refractivity contribution < 1.29 is 14.7 Å². The summed E-state index contributed by atoms with van der Waals surface area (Å²) in [7, 11) is 1.70. The van der Waals surface area contributed by atoms with Gasteiger partial charge in [-0.15, -0.1) is 0 Å². The highest BCUT2D eigenvalue weighted by Gasteiger charge is 2.23. The summed E-state index contributed by atoms with van der Waals surface area (Å²) in [5.41, 5.74) is 5.20. The van der Waals surface area contributed by atoms with E-state index in [0.717, 1.165) is 4.90 Å². The molecule has 7 nitrogen and oxygen atoms in total. The smallest absolute Gasteiger partial charge is 0.320 e. The van der Waals surface area contributed by atoms with Gasteiger partial charge in [-0.1, -0.05) is 0 Å². The number of amides is 2. The summed E-state index contributed by atoms with van der Waals surface area (Å²) in [6.07, 6.45) is 1.47. The summed E-state index contributed by atoms with van der Waals surface area (Å²) < 4.78 is 1.51. The Kier molecular flexibility index (Phi) is 3.49. The molecular formula is C9H14N4O3. The van der Waals surface area contributed by atoms with E-state index >= 15 is 0 Å². The number of carboxylic acids is 1. The SMILES string of the molecule is CC(CC(=O)O)N(C(N)=O)c1ccn(C)n1. The Bertz CT molecular complexity index is 401. The average Bonchev–Trinajstić information content (AvgIpc) is 2.49. The molecule has 1 heterocycles. The number of carbonyl (C=O) groups excluding carboxylic acids is 1. The molecule has 0 spiro atoms. The van der Waals surface area contributed by atoms with Crippen LogP contribution in [0.3, 0.4) is 0 Å². The van der Waals surface area contributed by atoms with Gasteiger partial charge in [0.1, 0.15) is 0 Å². The molecule has 0 saturated carbocycles. The van der Waals surface area contributed by atoms with Crippen LogP contribution >= 0.6 is 0 Å². The molecule has 3 N–H and O–H groups in total. The van der Waals surface area contributed by atoms with E-state index < -0.39 is 18.0 Å². The van der Waals surface area contributed by atoms with Gasteiger partial charge in [0.05, 0.1) is 6.42 Å². The molecule has 1 aromatic heterocycles. The first-order valence-electron chi connectivity index (χ1n) is 4.72. The van der Waals surface area contributed by atoms with E-state index in [1.165, 1.54) is 4.68 Å². The molecule has 0 aliphatic carbocycles. The third-order valence-electron chi connectivity index (χ3n) is 2.09. The van der Waals surface area contributed by atoms with Crippen LogP contribution in [0.4, 0.5) is 10.6 Å². The van der Waals surface area contributed by atoms with Crippen LogP contribution in [0.25, 0.3) is 0 Å². The highest BCUT2D eigenvalue weighted by atomic mass is 16.4. The number of hydrogen-bond donors (Lipinski definition) is 2. The topological polar surface area (TPSA) is 101 Å². The van der Waals surface area contributed by atoms with E-state index in [1.807, 2.05) is 0 Å². The van der Waals surface area contributed by atoms with Crippen LogP contribution in [0.15, 0.2) is 12.3 Å². The number of hydrogen-bond acceptors (Lipinski definition) is 3. The van der Waals surface area contributed by atoms with Crippen LogP contribution in [0.2, 0.25) is 0 Å². The van der Waals surface area contributed by atoms with Crippen molar-refractivity contribution in [3.05, 3.63) is 12.3 Å². The molecule has 0 aliphatic rings. The molecule has 0 aliphatic heterocycles. The van der Waals surface area contributed by atoms with Gasteiger partial charge in [0.25, 0.3) is 0 Å². The minimum Gasteiger partial charge on any atom is -0.481 e. The number of aromatic nitrogens is 2. The van der Waals surface area contributed by atoms with Gasteiger partial charge in [0, 0.05) is 25.4 Å². The van der Waals surface area contributed by atoms with E-state index in [-0.39, 0.29) is 6.42 Å². The Labute approximate surface area is 92.4 Å². The number of nitrogens with two attached hydrogens (primary N) is 1. The van der Waals surface area contributed by atoms with Crippen LogP contribution in [-0.2, 0) is 11.8 Å². The van der Waals surface area contributed by atoms with Gasteiger partial charge in [-0.2, -0.15) is 5.10 Å². The van der Waals surface area contributed by atoms with E-state index in [9.17, 15) is 9.59 Å². The van der Waals surface area contributed by atoms with Crippen LogP contribution in [0, 0.1) is 0 Å². The fourth-order valence-corrected chi connectivity index (χ4v) is 1.43. The van der Waals surface area contributed by atoms with Gasteiger partial charge in [-0.05, 0) is 6.92 Å². The van der Waals surface area contributed by atoms with E-state index in [2.05, 4.69) is 5.10 Å². The average molecular weight is 226 g/mol. The lowest BCUT2D eigenvalue weighted by Crippen LogP contribution is -2.43. The molecule has 16 heavy (non-hydrogen) atoms. The third-order valence-corrected chi connectivity index (χ3v) is 2.09. The van der Waals surface area contributed by atoms with Gasteiger partial charge in [-0.25, -0.2) is 4.79 Å². The maximum Gasteiger partial charge on any atom is 0.320 e. The molecule has 1 aromatic rings. The largest absolute Gasteiger partial charge is 0.481 e. The maximum absolute atomic E-state index is 11.2. The molecule has 1 rings (SSSR count). The van der Waals surface area contributed by atoms with Gasteiger partial charge in [-0.3, -0.25) is 14.4 Å². The fraction of sp³-hybridized carbons (Fsp3) is 0.444. The lowest BCUT2D eigenvalue weighted by molar-refractivity contribution is -0.137. The van der Waals surface area contributed by atoms with E-state index in [0.29, 0.717) is 5.82 Å². The Morgan fingerprint density at radius 2 is 2.31 bits per heavy atom. The Balaban J connectivity index is 2.91. The molecule has 7 heteroatoms. The predicted molar refractivity (Wildman–Crippen MR) is 57.0 cm³/mol. The second-order valence-electron chi connectivity index (χ2n) is 3.50. The molecule has 0 bridgehead atoms. The van der Waals surface area contributed by atoms with Gasteiger partial charge in [0.15, 0.2) is 5.82 Å². The fourth-order valence-electron chi connectivity index (χ4n) is 1.43. The standard InChI is InChI=1S/C9H14N4O3/c1-6(5-8(14)15)13(9(10)16)7-3-4-12(2)11-7/h3-4,6H,5H2,1-2H3,(H2,10,16)(H,14,15). The van der Waals surface area contributed by atoms with Crippen molar-refractivity contribution >= 4 is 17.8 Å². The zero-order valence-corrected chi connectivity index (χ0v) is 9.12. The molecule has 0 aromatic carbocycles. The first-order chi connectivity index (χ1) is 7.41. The van der Waals surface area contributed by atoms with Crippen molar-refractivity contribution in [2.45, 2.75) is 19.4 Å². The predicted octanol–water partition coefficient (Wildman–Crippen LogP) is 0.168. The molecule has 2 amide bonds. The number of rotatable bonds is 4. The summed E-state index contributed by atoms with van der Waals surface area (Å²) in [5.74, 6) is -0.640. The second-order valence-corrected chi connectivity index (χ2v) is 3.50. The maximum atomic E-state index is 11.2. The van der Waals surface area contributed by atoms with E-state index in [4.69, 9.17) is 10.8 Å². The molecule has 1 atom stereocenters. The zero-order valence-electron chi connectivity index (χ0n) is 9.12. The van der Waals surface area contributed by atoms with Crippen molar-refractivity contribution in [3.8, 4) is 0 Å². The van der Waals surface area contributed by atoms with Crippen molar-refractivity contribution in [1.82, 2.24) is 9.78 Å². The van der Waals surface area contributed by atoms with Crippen molar-refractivity contribution in [3.63, 3.8) is 0 Å². The monoisotopic (exact) mass is 226 g/mol. The summed E-state index contributed by atoms with van der Waals surface area (Å²) >= 11 is 0. The first kappa shape index (κ1) is 12.0. The number of aryl methyl sites for hydroxylation is 1. The Morgan fingerprint density at radius 1 is 1.69 bits per heavy atom. The molecule has 0 radical (unpaired) electrons. The Morgan fingerprint density at radius 3 is 2.69 bits per heavy atom. The summed E-state index contributed by atoms with van der Waals surface area (Å²) in [6.45, 7) is 1.60.